The molecule has 0 N–H and O–H groups in total. The van der Waals surface area contributed by atoms with E-state index in [1.54, 1.807) is 0 Å². The summed E-state index contributed by atoms with van der Waals surface area (Å²) in [5.41, 5.74) is 1.93. The lowest BCUT2D eigenvalue weighted by Gasteiger charge is -2.22. The van der Waals surface area contributed by atoms with Gasteiger partial charge in [-0.25, -0.2) is 4.98 Å². The van der Waals surface area contributed by atoms with Crippen LogP contribution in [0.4, 0.5) is 0 Å². The molecule has 0 spiro atoms. The molecule has 20 heavy (non-hydrogen) atoms. The van der Waals surface area contributed by atoms with Gasteiger partial charge in [-0.05, 0) is 37.3 Å². The molecule has 1 aromatic heterocycles. The van der Waals surface area contributed by atoms with Crippen molar-refractivity contribution in [3.63, 3.8) is 0 Å². The molecule has 2 heterocycles. The largest absolute Gasteiger partial charge is 0.376 e. The second-order valence-corrected chi connectivity index (χ2v) is 6.34. The first kappa shape index (κ1) is 12.9. The molecule has 5 heteroatoms. The van der Waals surface area contributed by atoms with Crippen molar-refractivity contribution in [3.05, 3.63) is 29.0 Å². The van der Waals surface area contributed by atoms with Crippen LogP contribution in [-0.2, 0) is 10.6 Å². The highest BCUT2D eigenvalue weighted by molar-refractivity contribution is 6.35. The zero-order valence-corrected chi connectivity index (χ0v) is 12.6. The first-order valence-corrected chi connectivity index (χ1v) is 8.03. The van der Waals surface area contributed by atoms with Crippen molar-refractivity contribution in [1.82, 2.24) is 9.55 Å². The summed E-state index contributed by atoms with van der Waals surface area (Å²) in [6, 6.07) is 6.17. The van der Waals surface area contributed by atoms with Crippen LogP contribution in [0.25, 0.3) is 11.0 Å². The summed E-state index contributed by atoms with van der Waals surface area (Å²) in [6.07, 6.45) is 3.86. The Balaban J connectivity index is 1.88. The summed E-state index contributed by atoms with van der Waals surface area (Å²) in [6.45, 7) is 0.817. The molecule has 2 atom stereocenters. The minimum atomic E-state index is 0.297. The molecule has 0 radical (unpaired) electrons. The smallest absolute Gasteiger partial charge is 0.125 e. The molecule has 3 nitrogen and oxygen atoms in total. The SMILES string of the molecule is ClCc1nc2cccc(Cl)c2n1C1CCOC1C1CC1. The van der Waals surface area contributed by atoms with Crippen molar-refractivity contribution in [2.75, 3.05) is 6.61 Å². The molecule has 106 valence electrons. The van der Waals surface area contributed by atoms with Crippen LogP contribution in [0.2, 0.25) is 5.02 Å². The Morgan fingerprint density at radius 1 is 1.30 bits per heavy atom. The van der Waals surface area contributed by atoms with Crippen LogP contribution in [0.5, 0.6) is 0 Å². The van der Waals surface area contributed by atoms with E-state index < -0.39 is 0 Å². The van der Waals surface area contributed by atoms with E-state index in [4.69, 9.17) is 27.9 Å². The molecule has 4 rings (SSSR count). The number of rotatable bonds is 3. The van der Waals surface area contributed by atoms with E-state index in [9.17, 15) is 0 Å². The van der Waals surface area contributed by atoms with Crippen LogP contribution >= 0.6 is 23.2 Å². The number of alkyl halides is 1. The summed E-state index contributed by atoms with van der Waals surface area (Å²) < 4.78 is 8.20. The Kier molecular flexibility index (Phi) is 3.17. The van der Waals surface area contributed by atoms with Gasteiger partial charge in [-0.1, -0.05) is 17.7 Å². The van der Waals surface area contributed by atoms with Crippen molar-refractivity contribution >= 4 is 34.2 Å². The second-order valence-electron chi connectivity index (χ2n) is 5.67. The molecule has 0 bridgehead atoms. The quantitative estimate of drug-likeness (QED) is 0.796. The van der Waals surface area contributed by atoms with Gasteiger partial charge in [0.1, 0.15) is 5.82 Å². The highest BCUT2D eigenvalue weighted by Crippen LogP contribution is 2.45. The molecule has 0 amide bonds. The maximum atomic E-state index is 6.41. The third-order valence-corrected chi connectivity index (χ3v) is 4.92. The van der Waals surface area contributed by atoms with E-state index >= 15 is 0 Å². The van der Waals surface area contributed by atoms with Crippen LogP contribution in [0, 0.1) is 5.92 Å². The molecule has 2 unspecified atom stereocenters. The maximum absolute atomic E-state index is 6.41. The van der Waals surface area contributed by atoms with Gasteiger partial charge in [-0.2, -0.15) is 0 Å². The number of halogens is 2. The lowest BCUT2D eigenvalue weighted by atomic mass is 10.1. The minimum absolute atomic E-state index is 0.297. The first-order valence-electron chi connectivity index (χ1n) is 7.12. The number of nitrogens with zero attached hydrogens (tertiary/aromatic N) is 2. The second kappa shape index (κ2) is 4.90. The lowest BCUT2D eigenvalue weighted by molar-refractivity contribution is 0.0754. The Morgan fingerprint density at radius 3 is 2.90 bits per heavy atom. The third-order valence-electron chi connectivity index (χ3n) is 4.37. The predicted molar refractivity (Wildman–Crippen MR) is 80.4 cm³/mol. The molecule has 2 aromatic rings. The number of hydrogen-bond donors (Lipinski definition) is 0. The summed E-state index contributed by atoms with van der Waals surface area (Å²) in [5, 5.41) is 0.743. The van der Waals surface area contributed by atoms with Gasteiger partial charge >= 0.3 is 0 Å². The van der Waals surface area contributed by atoms with Crippen LogP contribution in [-0.4, -0.2) is 22.3 Å². The van der Waals surface area contributed by atoms with E-state index in [0.29, 0.717) is 23.9 Å². The highest BCUT2D eigenvalue weighted by atomic mass is 35.5. The topological polar surface area (TPSA) is 27.1 Å². The van der Waals surface area contributed by atoms with Gasteiger partial charge in [0.25, 0.3) is 0 Å². The number of aromatic nitrogens is 2. The maximum Gasteiger partial charge on any atom is 0.125 e. The number of fused-ring (bicyclic) bond motifs is 1. The normalized spacial score (nSPS) is 26.5. The molecule has 2 aliphatic rings. The molecule has 1 saturated heterocycles. The fourth-order valence-corrected chi connectivity index (χ4v) is 3.81. The highest BCUT2D eigenvalue weighted by Gasteiger charge is 2.42. The van der Waals surface area contributed by atoms with Gasteiger partial charge in [-0.3, -0.25) is 0 Å². The van der Waals surface area contributed by atoms with Crippen molar-refractivity contribution in [2.45, 2.75) is 37.3 Å². The van der Waals surface area contributed by atoms with Crippen molar-refractivity contribution < 1.29 is 4.74 Å². The molecule has 1 saturated carbocycles. The standard InChI is InChI=1S/C15H16Cl2N2O/c16-8-13-18-11-3-1-2-10(17)14(11)19(13)12-6-7-20-15(12)9-4-5-9/h1-3,9,12,15H,4-8H2. The number of imidazole rings is 1. The average molecular weight is 311 g/mol. The molecule has 2 fully saturated rings. The minimum Gasteiger partial charge on any atom is -0.376 e. The van der Waals surface area contributed by atoms with Crippen LogP contribution in [0.15, 0.2) is 18.2 Å². The number of benzene rings is 1. The number of hydrogen-bond acceptors (Lipinski definition) is 2. The van der Waals surface area contributed by atoms with Gasteiger partial charge in [0.15, 0.2) is 0 Å². The summed E-state index contributed by atoms with van der Waals surface area (Å²) in [5.74, 6) is 2.00. The molecule has 1 aromatic carbocycles. The first-order chi connectivity index (χ1) is 9.79. The fourth-order valence-electron chi connectivity index (χ4n) is 3.36. The molecular formula is C15H16Cl2N2O. The molecule has 1 aliphatic carbocycles. The Hall–Kier alpha value is -0.770. The monoisotopic (exact) mass is 310 g/mol. The summed E-state index contributed by atoms with van der Waals surface area (Å²) >= 11 is 12.5. The molecule has 1 aliphatic heterocycles. The van der Waals surface area contributed by atoms with Crippen molar-refractivity contribution in [1.29, 1.82) is 0 Å². The van der Waals surface area contributed by atoms with E-state index in [1.165, 1.54) is 12.8 Å². The van der Waals surface area contributed by atoms with Gasteiger partial charge < -0.3 is 9.30 Å². The molecular weight excluding hydrogens is 295 g/mol. The zero-order valence-electron chi connectivity index (χ0n) is 11.1. The zero-order chi connectivity index (χ0) is 13.7. The van der Waals surface area contributed by atoms with Crippen LogP contribution in [0.1, 0.15) is 31.1 Å². The van der Waals surface area contributed by atoms with Gasteiger partial charge in [0.2, 0.25) is 0 Å². The Bertz CT molecular complexity index is 651. The van der Waals surface area contributed by atoms with E-state index in [1.807, 2.05) is 18.2 Å². The Labute approximate surface area is 127 Å². The van der Waals surface area contributed by atoms with Crippen molar-refractivity contribution in [3.8, 4) is 0 Å². The Morgan fingerprint density at radius 2 is 2.15 bits per heavy atom. The number of para-hydroxylation sites is 1. The van der Waals surface area contributed by atoms with Crippen LogP contribution < -0.4 is 0 Å². The van der Waals surface area contributed by atoms with Gasteiger partial charge in [-0.15, -0.1) is 11.6 Å². The van der Waals surface area contributed by atoms with E-state index in [0.717, 1.165) is 34.9 Å². The van der Waals surface area contributed by atoms with Gasteiger partial charge in [0, 0.05) is 6.61 Å². The summed E-state index contributed by atoms with van der Waals surface area (Å²) in [4.78, 5) is 4.64. The third kappa shape index (κ3) is 1.95. The van der Waals surface area contributed by atoms with Crippen LogP contribution in [0.3, 0.4) is 0 Å². The van der Waals surface area contributed by atoms with E-state index in [-0.39, 0.29) is 0 Å². The van der Waals surface area contributed by atoms with Crippen molar-refractivity contribution in [2.24, 2.45) is 5.92 Å². The fraction of sp³-hybridized carbons (Fsp3) is 0.533. The predicted octanol–water partition coefficient (Wildman–Crippen LogP) is 4.17. The summed E-state index contributed by atoms with van der Waals surface area (Å²) in [7, 11) is 0. The average Bonchev–Trinajstić information content (AvgIpc) is 3.05. The van der Waals surface area contributed by atoms with E-state index in [2.05, 4.69) is 9.55 Å². The number of ether oxygens (including phenoxy) is 1. The lowest BCUT2D eigenvalue weighted by Crippen LogP contribution is -2.23. The van der Waals surface area contributed by atoms with Gasteiger partial charge in [0.05, 0.1) is 34.1 Å².